The zero-order chi connectivity index (χ0) is 23.8. The van der Waals surface area contributed by atoms with Crippen LogP contribution in [0.25, 0.3) is 0 Å². The third-order valence-electron chi connectivity index (χ3n) is 4.26. The van der Waals surface area contributed by atoms with Gasteiger partial charge in [-0.2, -0.15) is 8.78 Å². The number of allylic oxidation sites excluding steroid dienone is 3. The molecule has 0 saturated carbocycles. The van der Waals surface area contributed by atoms with Crippen LogP contribution in [0.2, 0.25) is 0 Å². The fraction of sp³-hybridized carbons (Fsp3) is 0.286. The topological polar surface area (TPSA) is 75.0 Å². The summed E-state index contributed by atoms with van der Waals surface area (Å²) in [7, 11) is 0. The molecule has 6 nitrogen and oxygen atoms in total. The van der Waals surface area contributed by atoms with E-state index in [1.165, 1.54) is 37.0 Å². The highest BCUT2D eigenvalue weighted by atomic mass is 79.9. The summed E-state index contributed by atoms with van der Waals surface area (Å²) in [6.45, 7) is 3.08. The molecule has 0 spiro atoms. The Labute approximate surface area is 196 Å². The summed E-state index contributed by atoms with van der Waals surface area (Å²) in [5.41, 5.74) is 0.861. The van der Waals surface area contributed by atoms with Crippen LogP contribution in [0.1, 0.15) is 37.2 Å². The number of carbonyl (C=O) groups excluding carboxylic acids is 1. The van der Waals surface area contributed by atoms with Crippen molar-refractivity contribution in [3.63, 3.8) is 0 Å². The zero-order valence-corrected chi connectivity index (χ0v) is 19.9. The second-order valence-corrected chi connectivity index (χ2v) is 8.21. The Kier molecular flexibility index (Phi) is 9.58. The molecule has 1 heterocycles. The average Bonchev–Trinajstić information content (AvgIpc) is 2.79. The van der Waals surface area contributed by atoms with Crippen LogP contribution in [-0.2, 0) is 4.79 Å². The molecule has 0 aliphatic carbocycles. The zero-order valence-electron chi connectivity index (χ0n) is 17.5. The standard InChI is InChI=1S/C21H21BrF3N4O2S/c1-4-5-9-16(28-29(31)19-13(23)7-6-8-14(19)24)18(25)12(2)20(30)17(22)15-10-11-26-21(27-15)32-3/h6-11,17H,4-5H2,1-3H3,(H,28,31)/q+1/b16-9+,18-12-. The minimum absolute atomic E-state index is 0.204. The minimum atomic E-state index is -1.12. The summed E-state index contributed by atoms with van der Waals surface area (Å²) < 4.78 is 43.1. The summed E-state index contributed by atoms with van der Waals surface area (Å²) in [5, 5.41) is 0.445. The van der Waals surface area contributed by atoms with Gasteiger partial charge in [-0.25, -0.2) is 14.4 Å². The van der Waals surface area contributed by atoms with Crippen molar-refractivity contribution in [2.24, 2.45) is 0 Å². The van der Waals surface area contributed by atoms with E-state index in [9.17, 15) is 18.5 Å². The van der Waals surface area contributed by atoms with Crippen LogP contribution in [0.5, 0.6) is 0 Å². The Morgan fingerprint density at radius 3 is 2.56 bits per heavy atom. The summed E-state index contributed by atoms with van der Waals surface area (Å²) in [6.07, 6.45) is 5.56. The van der Waals surface area contributed by atoms with Crippen LogP contribution in [0.4, 0.5) is 18.9 Å². The molecule has 0 bridgehead atoms. The number of unbranched alkanes of at least 4 members (excludes halogenated alkanes) is 1. The smallest absolute Gasteiger partial charge is 0.293 e. The van der Waals surface area contributed by atoms with Crippen LogP contribution in [0, 0.1) is 16.5 Å². The summed E-state index contributed by atoms with van der Waals surface area (Å²) in [6, 6.07) is 4.43. The third kappa shape index (κ3) is 6.26. The van der Waals surface area contributed by atoms with Crippen molar-refractivity contribution in [1.82, 2.24) is 15.4 Å². The SMILES string of the molecule is CCC/C=C(N[N+](=O)c1c(F)cccc1F)\C(F)=C(/C)C(=O)C(Br)c1ccnc(SC)n1. The van der Waals surface area contributed by atoms with E-state index in [4.69, 9.17) is 0 Å². The lowest BCUT2D eigenvalue weighted by Gasteiger charge is -2.11. The van der Waals surface area contributed by atoms with Crippen LogP contribution < -0.4 is 5.43 Å². The number of ketones is 1. The van der Waals surface area contributed by atoms with Crippen molar-refractivity contribution in [3.8, 4) is 0 Å². The van der Waals surface area contributed by atoms with Crippen LogP contribution in [0.3, 0.4) is 0 Å². The first-order valence-electron chi connectivity index (χ1n) is 9.51. The maximum atomic E-state index is 15.3. The number of nitrogens with one attached hydrogen (secondary N) is 1. The van der Waals surface area contributed by atoms with E-state index < -0.39 is 33.8 Å². The average molecular weight is 530 g/mol. The number of nitrogens with zero attached hydrogens (tertiary/aromatic N) is 3. The number of nitroso groups, excluding NO2 is 1. The normalized spacial score (nSPS) is 13.4. The first-order chi connectivity index (χ1) is 15.2. The number of rotatable bonds is 10. The molecule has 1 aromatic carbocycles. The number of carbonyl (C=O) groups is 1. The van der Waals surface area contributed by atoms with Gasteiger partial charge in [-0.1, -0.05) is 53.2 Å². The van der Waals surface area contributed by atoms with Crippen molar-refractivity contribution >= 4 is 39.2 Å². The van der Waals surface area contributed by atoms with Crippen molar-refractivity contribution in [3.05, 3.63) is 75.9 Å². The molecule has 0 amide bonds. The summed E-state index contributed by atoms with van der Waals surface area (Å²) in [4.78, 5) is 32.3. The van der Waals surface area contributed by atoms with Gasteiger partial charge >= 0.3 is 5.69 Å². The maximum Gasteiger partial charge on any atom is 0.362 e. The Morgan fingerprint density at radius 2 is 1.97 bits per heavy atom. The van der Waals surface area contributed by atoms with Gasteiger partial charge in [0.25, 0.3) is 0 Å². The molecule has 170 valence electrons. The predicted molar refractivity (Wildman–Crippen MR) is 120 cm³/mol. The summed E-state index contributed by atoms with van der Waals surface area (Å²) >= 11 is 4.52. The molecule has 0 saturated heterocycles. The van der Waals surface area contributed by atoms with Gasteiger partial charge in [-0.3, -0.25) is 4.79 Å². The fourth-order valence-corrected chi connectivity index (χ4v) is 3.51. The van der Waals surface area contributed by atoms with E-state index in [2.05, 4.69) is 31.3 Å². The third-order valence-corrected chi connectivity index (χ3v) is 5.71. The highest BCUT2D eigenvalue weighted by Crippen LogP contribution is 2.29. The number of halogens is 4. The number of hydrazine groups is 1. The van der Waals surface area contributed by atoms with Crippen molar-refractivity contribution in [2.75, 3.05) is 6.26 Å². The van der Waals surface area contributed by atoms with E-state index in [1.54, 1.807) is 6.26 Å². The first-order valence-corrected chi connectivity index (χ1v) is 11.6. The molecule has 0 aliphatic heterocycles. The summed E-state index contributed by atoms with van der Waals surface area (Å²) in [5.74, 6) is -3.89. The number of aromatic nitrogens is 2. The van der Waals surface area contributed by atoms with Gasteiger partial charge in [-0.05, 0) is 37.8 Å². The molecule has 32 heavy (non-hydrogen) atoms. The first kappa shape index (κ1) is 25.7. The molecule has 0 aliphatic rings. The number of alkyl halides is 1. The largest absolute Gasteiger partial charge is 0.362 e. The lowest BCUT2D eigenvalue weighted by Crippen LogP contribution is -2.25. The Balaban J connectivity index is 2.36. The van der Waals surface area contributed by atoms with E-state index in [0.717, 1.165) is 18.2 Å². The lowest BCUT2D eigenvalue weighted by atomic mass is 10.1. The second kappa shape index (κ2) is 11.9. The van der Waals surface area contributed by atoms with Gasteiger partial charge in [0, 0.05) is 11.8 Å². The van der Waals surface area contributed by atoms with E-state index >= 15 is 4.39 Å². The molecule has 1 aromatic heterocycles. The van der Waals surface area contributed by atoms with Crippen molar-refractivity contribution in [2.45, 2.75) is 36.7 Å². The van der Waals surface area contributed by atoms with Crippen LogP contribution in [0.15, 0.2) is 58.8 Å². The number of para-hydroxylation sites is 1. The Bertz CT molecular complexity index is 1060. The number of hydrogen-bond donors (Lipinski definition) is 1. The fourth-order valence-electron chi connectivity index (χ4n) is 2.55. The quantitative estimate of drug-likeness (QED) is 0.0770. The van der Waals surface area contributed by atoms with Gasteiger partial charge in [-0.15, -0.1) is 5.43 Å². The highest BCUT2D eigenvalue weighted by molar-refractivity contribution is 9.09. The Morgan fingerprint density at radius 1 is 1.31 bits per heavy atom. The van der Waals surface area contributed by atoms with Gasteiger partial charge in [0.05, 0.1) is 10.6 Å². The van der Waals surface area contributed by atoms with Gasteiger partial charge in [0.2, 0.25) is 11.6 Å². The number of hydrogen-bond acceptors (Lipinski definition) is 5. The molecule has 2 rings (SSSR count). The molecule has 0 fully saturated rings. The number of thioether (sulfide) groups is 1. The highest BCUT2D eigenvalue weighted by Gasteiger charge is 2.30. The Hall–Kier alpha value is -2.53. The van der Waals surface area contributed by atoms with Crippen LogP contribution >= 0.6 is 27.7 Å². The maximum absolute atomic E-state index is 15.3. The molecule has 0 radical (unpaired) electrons. The lowest BCUT2D eigenvalue weighted by molar-refractivity contribution is -0.523. The molecule has 11 heteroatoms. The van der Waals surface area contributed by atoms with Gasteiger partial charge in [0.1, 0.15) is 10.5 Å². The monoisotopic (exact) mass is 529 g/mol. The number of Topliss-reactive ketones (excluding diaryl/α,β-unsaturated/α-hetero) is 1. The van der Waals surface area contributed by atoms with E-state index in [1.807, 2.05) is 6.92 Å². The molecule has 1 N–H and O–H groups in total. The molecular formula is C21H21BrF3N4O2S+. The second-order valence-electron chi connectivity index (χ2n) is 6.52. The molecule has 2 aromatic rings. The minimum Gasteiger partial charge on any atom is -0.293 e. The predicted octanol–water partition coefficient (Wildman–Crippen LogP) is 6.02. The van der Waals surface area contributed by atoms with E-state index in [-0.39, 0.29) is 16.1 Å². The van der Waals surface area contributed by atoms with Crippen molar-refractivity contribution < 1.29 is 22.8 Å². The van der Waals surface area contributed by atoms with E-state index in [0.29, 0.717) is 23.7 Å². The van der Waals surface area contributed by atoms with Gasteiger partial charge < -0.3 is 0 Å². The molecule has 1 unspecified atom stereocenters. The van der Waals surface area contributed by atoms with Gasteiger partial charge in [0.15, 0.2) is 21.6 Å². The molecule has 1 atom stereocenters. The van der Waals surface area contributed by atoms with Crippen LogP contribution in [-0.4, -0.2) is 26.9 Å². The number of benzene rings is 1. The molecular weight excluding hydrogens is 509 g/mol. The van der Waals surface area contributed by atoms with Crippen molar-refractivity contribution in [1.29, 1.82) is 0 Å².